The van der Waals surface area contributed by atoms with Crippen molar-refractivity contribution in [2.75, 3.05) is 18.5 Å². The van der Waals surface area contributed by atoms with Gasteiger partial charge in [0.25, 0.3) is 0 Å². The van der Waals surface area contributed by atoms with Crippen LogP contribution in [0.5, 0.6) is 0 Å². The summed E-state index contributed by atoms with van der Waals surface area (Å²) in [6.07, 6.45) is 0.969. The second-order valence-corrected chi connectivity index (χ2v) is 10.9. The summed E-state index contributed by atoms with van der Waals surface area (Å²) in [5.41, 5.74) is 0.431. The SMILES string of the molecule is CC(C)c1nc(NC2CCCC2)c2cnn([C@@H]3O[C@H](COC(CO)P(=O)(O)O)[C@@H](O)[C@H]3O)c2n1. The standard InChI is InChI=1S/C20H32N5O8P/c1-10(2)17-23-18(22-11-5-3-4-6-11)12-7-21-25(19(12)24-17)20-16(28)15(27)13(33-20)9-32-14(8-26)34(29,30)31/h7,10-11,13-16,20,26-28H,3-6,8-9H2,1-2H3,(H,22,23,24)(H2,29,30,31)/t13-,14?,15-,16-,20-/m1/s1. The molecule has 0 spiro atoms. The molecule has 14 heteroatoms. The number of aliphatic hydroxyl groups excluding tert-OH is 3. The van der Waals surface area contributed by atoms with Crippen molar-refractivity contribution in [2.45, 2.75) is 81.9 Å². The van der Waals surface area contributed by atoms with Gasteiger partial charge in [0.2, 0.25) is 0 Å². The second-order valence-electron chi connectivity index (χ2n) is 9.14. The first kappa shape index (κ1) is 25.4. The third-order valence-electron chi connectivity index (χ3n) is 6.25. The quantitative estimate of drug-likeness (QED) is 0.260. The predicted octanol–water partition coefficient (Wildman–Crippen LogP) is 0.436. The zero-order valence-corrected chi connectivity index (χ0v) is 20.0. The summed E-state index contributed by atoms with van der Waals surface area (Å²) in [4.78, 5) is 27.8. The van der Waals surface area contributed by atoms with Crippen LogP contribution < -0.4 is 5.32 Å². The highest BCUT2D eigenvalue weighted by Gasteiger charge is 2.46. The number of fused-ring (bicyclic) bond motifs is 1. The highest BCUT2D eigenvalue weighted by molar-refractivity contribution is 7.52. The van der Waals surface area contributed by atoms with Crippen molar-refractivity contribution in [3.8, 4) is 0 Å². The molecular formula is C20H32N5O8P. The molecule has 2 fully saturated rings. The topological polar surface area (TPSA) is 192 Å². The van der Waals surface area contributed by atoms with Gasteiger partial charge in [0.05, 0.1) is 24.8 Å². The van der Waals surface area contributed by atoms with E-state index in [4.69, 9.17) is 14.6 Å². The van der Waals surface area contributed by atoms with Crippen molar-refractivity contribution in [1.29, 1.82) is 0 Å². The maximum Gasteiger partial charge on any atom is 0.356 e. The minimum absolute atomic E-state index is 0.0288. The normalized spacial score (nSPS) is 27.2. The minimum Gasteiger partial charge on any atom is -0.393 e. The lowest BCUT2D eigenvalue weighted by molar-refractivity contribution is -0.0807. The van der Waals surface area contributed by atoms with E-state index in [-0.39, 0.29) is 5.92 Å². The van der Waals surface area contributed by atoms with Crippen LogP contribution in [0.2, 0.25) is 0 Å². The number of hydrogen-bond acceptors (Lipinski definition) is 10. The molecule has 190 valence electrons. The number of aromatic nitrogens is 4. The van der Waals surface area contributed by atoms with Crippen molar-refractivity contribution in [1.82, 2.24) is 19.7 Å². The van der Waals surface area contributed by atoms with Crippen molar-refractivity contribution >= 4 is 24.4 Å². The van der Waals surface area contributed by atoms with Gasteiger partial charge in [-0.25, -0.2) is 14.6 Å². The lowest BCUT2D eigenvalue weighted by Gasteiger charge is -2.20. The first-order valence-corrected chi connectivity index (χ1v) is 13.1. The van der Waals surface area contributed by atoms with Crippen LogP contribution in [-0.4, -0.2) is 88.3 Å². The monoisotopic (exact) mass is 501 g/mol. The Labute approximate surface area is 196 Å². The van der Waals surface area contributed by atoms with Crippen LogP contribution in [0, 0.1) is 0 Å². The van der Waals surface area contributed by atoms with Crippen molar-refractivity contribution in [3.05, 3.63) is 12.0 Å². The van der Waals surface area contributed by atoms with Crippen LogP contribution in [0.1, 0.15) is 57.5 Å². The van der Waals surface area contributed by atoms with Crippen LogP contribution in [0.15, 0.2) is 6.20 Å². The van der Waals surface area contributed by atoms with Gasteiger partial charge >= 0.3 is 7.60 Å². The molecule has 0 amide bonds. The summed E-state index contributed by atoms with van der Waals surface area (Å²) in [6, 6.07) is 0.312. The van der Waals surface area contributed by atoms with Gasteiger partial charge in [-0.3, -0.25) is 4.57 Å². The summed E-state index contributed by atoms with van der Waals surface area (Å²) in [6.45, 7) is 2.58. The minimum atomic E-state index is -4.71. The number of aliphatic hydroxyl groups is 3. The molecule has 0 bridgehead atoms. The van der Waals surface area contributed by atoms with Crippen LogP contribution >= 0.6 is 7.60 Å². The smallest absolute Gasteiger partial charge is 0.356 e. The molecule has 3 heterocycles. The van der Waals surface area contributed by atoms with Crippen LogP contribution in [0.25, 0.3) is 11.0 Å². The van der Waals surface area contributed by atoms with Crippen molar-refractivity contribution in [3.63, 3.8) is 0 Å². The maximum absolute atomic E-state index is 11.4. The van der Waals surface area contributed by atoms with E-state index in [2.05, 4.69) is 20.4 Å². The third kappa shape index (κ3) is 5.12. The summed E-state index contributed by atoms with van der Waals surface area (Å²) < 4.78 is 23.6. The number of nitrogens with one attached hydrogen (secondary N) is 1. The lowest BCUT2D eigenvalue weighted by Crippen LogP contribution is -2.35. The van der Waals surface area contributed by atoms with Gasteiger partial charge in [-0.15, -0.1) is 0 Å². The van der Waals surface area contributed by atoms with E-state index in [9.17, 15) is 24.6 Å². The third-order valence-corrected chi connectivity index (χ3v) is 7.31. The summed E-state index contributed by atoms with van der Waals surface area (Å²) in [7, 11) is -4.71. The van der Waals surface area contributed by atoms with E-state index in [0.717, 1.165) is 25.7 Å². The van der Waals surface area contributed by atoms with Gasteiger partial charge in [-0.1, -0.05) is 26.7 Å². The Morgan fingerprint density at radius 1 is 1.24 bits per heavy atom. The molecule has 1 saturated carbocycles. The fourth-order valence-corrected chi connectivity index (χ4v) is 4.78. The maximum atomic E-state index is 11.4. The van der Waals surface area contributed by atoms with Crippen molar-refractivity contribution in [2.24, 2.45) is 0 Å². The zero-order chi connectivity index (χ0) is 24.6. The highest BCUT2D eigenvalue weighted by Crippen LogP contribution is 2.42. The number of ether oxygens (including phenoxy) is 2. The van der Waals surface area contributed by atoms with Gasteiger partial charge in [0, 0.05) is 12.0 Å². The van der Waals surface area contributed by atoms with Gasteiger partial charge in [-0.05, 0) is 12.8 Å². The van der Waals surface area contributed by atoms with E-state index in [1.165, 1.54) is 4.68 Å². The molecule has 34 heavy (non-hydrogen) atoms. The van der Waals surface area contributed by atoms with Crippen LogP contribution in [0.4, 0.5) is 5.82 Å². The fourth-order valence-electron chi connectivity index (χ4n) is 4.29. The molecule has 6 N–H and O–H groups in total. The number of nitrogens with zero attached hydrogens (tertiary/aromatic N) is 4. The summed E-state index contributed by atoms with van der Waals surface area (Å²) in [5, 5.41) is 38.8. The fraction of sp³-hybridized carbons (Fsp3) is 0.750. The van der Waals surface area contributed by atoms with Gasteiger partial charge in [0.15, 0.2) is 17.7 Å². The Morgan fingerprint density at radius 3 is 2.56 bits per heavy atom. The molecule has 1 aliphatic carbocycles. The second kappa shape index (κ2) is 10.1. The van der Waals surface area contributed by atoms with Crippen LogP contribution in [0.3, 0.4) is 0 Å². The molecule has 4 rings (SSSR count). The molecule has 0 aromatic carbocycles. The Balaban J connectivity index is 1.60. The predicted molar refractivity (Wildman–Crippen MR) is 120 cm³/mol. The highest BCUT2D eigenvalue weighted by atomic mass is 31.2. The largest absolute Gasteiger partial charge is 0.393 e. The Hall–Kier alpha value is -1.70. The molecule has 1 saturated heterocycles. The van der Waals surface area contributed by atoms with E-state index in [1.54, 1.807) is 6.20 Å². The number of hydrogen-bond donors (Lipinski definition) is 6. The molecular weight excluding hydrogens is 469 g/mol. The average molecular weight is 501 g/mol. The van der Waals surface area contributed by atoms with E-state index in [1.807, 2.05) is 13.8 Å². The molecule has 1 aliphatic heterocycles. The lowest BCUT2D eigenvalue weighted by atomic mass is 10.1. The van der Waals surface area contributed by atoms with E-state index < -0.39 is 51.2 Å². The van der Waals surface area contributed by atoms with Crippen LogP contribution in [-0.2, 0) is 14.0 Å². The van der Waals surface area contributed by atoms with E-state index in [0.29, 0.717) is 28.7 Å². The first-order chi connectivity index (χ1) is 16.1. The molecule has 0 radical (unpaired) electrons. The van der Waals surface area contributed by atoms with Gasteiger partial charge < -0.3 is 39.9 Å². The Kier molecular flexibility index (Phi) is 7.56. The first-order valence-electron chi connectivity index (χ1n) is 11.4. The molecule has 5 atom stereocenters. The van der Waals surface area contributed by atoms with E-state index >= 15 is 0 Å². The molecule has 2 aromatic heterocycles. The molecule has 2 aliphatic rings. The zero-order valence-electron chi connectivity index (χ0n) is 19.1. The summed E-state index contributed by atoms with van der Waals surface area (Å²) >= 11 is 0. The van der Waals surface area contributed by atoms with Gasteiger partial charge in [0.1, 0.15) is 30.0 Å². The number of rotatable bonds is 9. The van der Waals surface area contributed by atoms with Gasteiger partial charge in [-0.2, -0.15) is 5.10 Å². The number of anilines is 1. The Bertz CT molecular complexity index is 1040. The van der Waals surface area contributed by atoms with Crippen molar-refractivity contribution < 1.29 is 39.1 Å². The molecule has 2 aromatic rings. The summed E-state index contributed by atoms with van der Waals surface area (Å²) in [5.74, 6) is -0.473. The average Bonchev–Trinajstić information content (AvgIpc) is 3.49. The molecule has 13 nitrogen and oxygen atoms in total. The molecule has 1 unspecified atom stereocenters. The Morgan fingerprint density at radius 2 is 1.94 bits per heavy atom.